The van der Waals surface area contributed by atoms with Crippen LogP contribution in [-0.2, 0) is 28.6 Å². The maximum absolute atomic E-state index is 12.8. The third-order valence-corrected chi connectivity index (χ3v) is 11.5. The Hall–Kier alpha value is -4.19. The Kier molecular flexibility index (Phi) is 53.0. The highest BCUT2D eigenvalue weighted by Crippen LogP contribution is 2.14. The first-order valence-electron chi connectivity index (χ1n) is 28.0. The van der Waals surface area contributed by atoms with Crippen molar-refractivity contribution in [3.8, 4) is 0 Å². The SMILES string of the molecule is CC/C=C\C/C=C\C/C=C\C/C=C\C/C=C\CC(=O)OCC(COC(=O)CCCCCCCC/C=C\C/C=C\C/C=C\C/C=C\CC)OC(=O)CCCCCCCCC/C=C\CCCCCCCC. The van der Waals surface area contributed by atoms with E-state index in [-0.39, 0.29) is 31.6 Å². The Labute approximate surface area is 424 Å². The Morgan fingerprint density at radius 2 is 0.623 bits per heavy atom. The Balaban J connectivity index is 4.53. The maximum atomic E-state index is 12.8. The van der Waals surface area contributed by atoms with Gasteiger partial charge in [0.05, 0.1) is 6.42 Å². The largest absolute Gasteiger partial charge is 0.462 e. The summed E-state index contributed by atoms with van der Waals surface area (Å²) < 4.78 is 16.7. The maximum Gasteiger partial charge on any atom is 0.309 e. The summed E-state index contributed by atoms with van der Waals surface area (Å²) in [5, 5.41) is 0. The van der Waals surface area contributed by atoms with Crippen LogP contribution in [0.25, 0.3) is 0 Å². The van der Waals surface area contributed by atoms with Gasteiger partial charge in [0.1, 0.15) is 13.2 Å². The van der Waals surface area contributed by atoms with Crippen molar-refractivity contribution >= 4 is 17.9 Å². The fraction of sp³-hybridized carbons (Fsp3) is 0.635. The molecular formula is C63H102O6. The summed E-state index contributed by atoms with van der Waals surface area (Å²) in [5.74, 6) is -1.07. The number of esters is 3. The van der Waals surface area contributed by atoms with Crippen molar-refractivity contribution in [1.29, 1.82) is 0 Å². The van der Waals surface area contributed by atoms with Gasteiger partial charge in [0.25, 0.3) is 0 Å². The summed E-state index contributed by atoms with van der Waals surface area (Å²) in [6.07, 6.45) is 77.8. The second-order valence-corrected chi connectivity index (χ2v) is 18.1. The predicted octanol–water partition coefficient (Wildman–Crippen LogP) is 18.9. The van der Waals surface area contributed by atoms with Gasteiger partial charge in [-0.25, -0.2) is 0 Å². The number of unbranched alkanes of at least 4 members (excludes halogenated alkanes) is 19. The van der Waals surface area contributed by atoms with Crippen LogP contribution < -0.4 is 0 Å². The topological polar surface area (TPSA) is 78.9 Å². The van der Waals surface area contributed by atoms with E-state index >= 15 is 0 Å². The van der Waals surface area contributed by atoms with Crippen molar-refractivity contribution < 1.29 is 28.6 Å². The number of hydrogen-bond acceptors (Lipinski definition) is 6. The zero-order valence-corrected chi connectivity index (χ0v) is 44.5. The van der Waals surface area contributed by atoms with Crippen molar-refractivity contribution in [3.05, 3.63) is 122 Å². The molecule has 6 nitrogen and oxygen atoms in total. The van der Waals surface area contributed by atoms with Gasteiger partial charge in [-0.05, 0) is 109 Å². The molecule has 6 heteroatoms. The molecule has 0 radical (unpaired) electrons. The van der Waals surface area contributed by atoms with Crippen LogP contribution >= 0.6 is 0 Å². The number of carbonyl (C=O) groups excluding carboxylic acids is 3. The molecule has 69 heavy (non-hydrogen) atoms. The zero-order chi connectivity index (χ0) is 50.0. The lowest BCUT2D eigenvalue weighted by atomic mass is 10.1. The molecule has 0 aromatic rings. The van der Waals surface area contributed by atoms with Crippen LogP contribution in [0.15, 0.2) is 122 Å². The highest BCUT2D eigenvalue weighted by molar-refractivity contribution is 5.72. The van der Waals surface area contributed by atoms with E-state index in [0.29, 0.717) is 12.8 Å². The van der Waals surface area contributed by atoms with E-state index in [2.05, 4.69) is 130 Å². The first-order valence-corrected chi connectivity index (χ1v) is 28.0. The van der Waals surface area contributed by atoms with Gasteiger partial charge < -0.3 is 14.2 Å². The molecule has 0 spiro atoms. The van der Waals surface area contributed by atoms with Crippen LogP contribution in [0.4, 0.5) is 0 Å². The minimum absolute atomic E-state index is 0.119. The molecule has 0 aliphatic heterocycles. The molecule has 0 aliphatic carbocycles. The van der Waals surface area contributed by atoms with Gasteiger partial charge in [-0.2, -0.15) is 0 Å². The van der Waals surface area contributed by atoms with E-state index in [4.69, 9.17) is 14.2 Å². The molecule has 0 fully saturated rings. The van der Waals surface area contributed by atoms with Gasteiger partial charge in [0.2, 0.25) is 0 Å². The van der Waals surface area contributed by atoms with Crippen LogP contribution in [0.3, 0.4) is 0 Å². The van der Waals surface area contributed by atoms with Crippen molar-refractivity contribution in [2.24, 2.45) is 0 Å². The van der Waals surface area contributed by atoms with Crippen molar-refractivity contribution in [2.75, 3.05) is 13.2 Å². The standard InChI is InChI=1S/C63H102O6/c1-4-7-10-13-16-19-22-25-28-30-31-33-35-38-41-44-47-50-53-56-62(65)68-59-60(58-67-61(64)55-52-49-46-43-40-37-34-27-24-21-18-15-12-9-6-3)69-63(66)57-54-51-48-45-42-39-36-32-29-26-23-20-17-14-11-8-5-2/h7,9-10,12,16,18-19,21,25-29,31,33-34,40,43,49,52,60H,4-6,8,11,13-15,17,20,22-24,30,32,35-39,41-42,44-48,50-51,53-59H2,1-3H3/b10-7-,12-9-,19-16-,21-18-,28-25-,29-26-,33-31-,34-27-,43-40-,52-49-. The van der Waals surface area contributed by atoms with Crippen LogP contribution in [0, 0.1) is 0 Å². The molecule has 0 bridgehead atoms. The minimum Gasteiger partial charge on any atom is -0.462 e. The van der Waals surface area contributed by atoms with E-state index < -0.39 is 12.1 Å². The molecule has 390 valence electrons. The monoisotopic (exact) mass is 955 g/mol. The number of ether oxygens (including phenoxy) is 3. The summed E-state index contributed by atoms with van der Waals surface area (Å²) >= 11 is 0. The third kappa shape index (κ3) is 54.6. The van der Waals surface area contributed by atoms with Gasteiger partial charge in [0.15, 0.2) is 6.10 Å². The molecule has 0 aliphatic rings. The highest BCUT2D eigenvalue weighted by atomic mass is 16.6. The van der Waals surface area contributed by atoms with E-state index in [1.165, 1.54) is 89.9 Å². The summed E-state index contributed by atoms with van der Waals surface area (Å²) in [5.41, 5.74) is 0. The van der Waals surface area contributed by atoms with Gasteiger partial charge >= 0.3 is 17.9 Å². The van der Waals surface area contributed by atoms with Crippen LogP contribution in [-0.4, -0.2) is 37.2 Å². The molecule has 0 amide bonds. The molecule has 0 saturated carbocycles. The van der Waals surface area contributed by atoms with Crippen LogP contribution in [0.2, 0.25) is 0 Å². The Bertz CT molecular complexity index is 1470. The fourth-order valence-corrected chi connectivity index (χ4v) is 7.32. The molecule has 0 aromatic heterocycles. The Morgan fingerprint density at radius 3 is 1.03 bits per heavy atom. The number of hydrogen-bond donors (Lipinski definition) is 0. The minimum atomic E-state index is -0.830. The molecule has 1 unspecified atom stereocenters. The average molecular weight is 956 g/mol. The van der Waals surface area contributed by atoms with Gasteiger partial charge in [0, 0.05) is 12.8 Å². The second-order valence-electron chi connectivity index (χ2n) is 18.1. The number of rotatable bonds is 49. The van der Waals surface area contributed by atoms with Crippen LogP contribution in [0.1, 0.15) is 239 Å². The summed E-state index contributed by atoms with van der Waals surface area (Å²) in [7, 11) is 0. The normalized spacial score (nSPS) is 13.0. The first-order chi connectivity index (χ1) is 34.0. The first kappa shape index (κ1) is 64.8. The fourth-order valence-electron chi connectivity index (χ4n) is 7.32. The quantitative estimate of drug-likeness (QED) is 0.0262. The second kappa shape index (κ2) is 56.4. The summed E-state index contributed by atoms with van der Waals surface area (Å²) in [6, 6.07) is 0. The van der Waals surface area contributed by atoms with Crippen molar-refractivity contribution in [1.82, 2.24) is 0 Å². The molecule has 1 atom stereocenters. The van der Waals surface area contributed by atoms with Crippen LogP contribution in [0.5, 0.6) is 0 Å². The van der Waals surface area contributed by atoms with E-state index in [1.54, 1.807) is 6.08 Å². The highest BCUT2D eigenvalue weighted by Gasteiger charge is 2.19. The van der Waals surface area contributed by atoms with Crippen molar-refractivity contribution in [3.63, 3.8) is 0 Å². The van der Waals surface area contributed by atoms with Gasteiger partial charge in [-0.3, -0.25) is 14.4 Å². The molecule has 0 saturated heterocycles. The van der Waals surface area contributed by atoms with Gasteiger partial charge in [-0.1, -0.05) is 232 Å². The van der Waals surface area contributed by atoms with Gasteiger partial charge in [-0.15, -0.1) is 0 Å². The smallest absolute Gasteiger partial charge is 0.309 e. The zero-order valence-electron chi connectivity index (χ0n) is 44.5. The Morgan fingerprint density at radius 1 is 0.319 bits per heavy atom. The van der Waals surface area contributed by atoms with E-state index in [1.807, 2.05) is 6.08 Å². The summed E-state index contributed by atoms with van der Waals surface area (Å²) in [6.45, 7) is 6.30. The molecule has 0 N–H and O–H groups in total. The lowest BCUT2D eigenvalue weighted by molar-refractivity contribution is -0.166. The van der Waals surface area contributed by atoms with E-state index in [0.717, 1.165) is 109 Å². The average Bonchev–Trinajstić information content (AvgIpc) is 3.35. The molecule has 0 heterocycles. The van der Waals surface area contributed by atoms with E-state index in [9.17, 15) is 14.4 Å². The summed E-state index contributed by atoms with van der Waals surface area (Å²) in [4.78, 5) is 38.1. The lowest BCUT2D eigenvalue weighted by Crippen LogP contribution is -2.30. The number of carbonyl (C=O) groups is 3. The lowest BCUT2D eigenvalue weighted by Gasteiger charge is -2.18. The molecular weight excluding hydrogens is 853 g/mol. The number of allylic oxidation sites excluding steroid dienone is 19. The third-order valence-electron chi connectivity index (χ3n) is 11.5. The predicted molar refractivity (Wildman–Crippen MR) is 297 cm³/mol. The molecule has 0 aromatic carbocycles. The van der Waals surface area contributed by atoms with Crippen molar-refractivity contribution in [2.45, 2.75) is 245 Å². The molecule has 0 rings (SSSR count).